The van der Waals surface area contributed by atoms with Gasteiger partial charge < -0.3 is 19.0 Å². The number of amides is 1. The number of fused-ring (bicyclic) bond motifs is 1. The van der Waals surface area contributed by atoms with Crippen molar-refractivity contribution < 1.29 is 13.9 Å². The number of furan rings is 1. The highest BCUT2D eigenvalue weighted by molar-refractivity contribution is 5.92. The van der Waals surface area contributed by atoms with Crippen molar-refractivity contribution in [3.63, 3.8) is 0 Å². The lowest BCUT2D eigenvalue weighted by molar-refractivity contribution is 0.0366. The second-order valence-corrected chi connectivity index (χ2v) is 6.78. The lowest BCUT2D eigenvalue weighted by Gasteiger charge is -2.18. The highest BCUT2D eigenvalue weighted by atomic mass is 16.5. The van der Waals surface area contributed by atoms with Crippen LogP contribution in [0.15, 0.2) is 41.1 Å². The molecule has 4 rings (SSSR count). The summed E-state index contributed by atoms with van der Waals surface area (Å²) in [6, 6.07) is 7.64. The van der Waals surface area contributed by atoms with Gasteiger partial charge in [0.2, 0.25) is 0 Å². The van der Waals surface area contributed by atoms with E-state index < -0.39 is 0 Å². The summed E-state index contributed by atoms with van der Waals surface area (Å²) in [7, 11) is 1.87. The summed E-state index contributed by atoms with van der Waals surface area (Å²) in [5, 5.41) is 2.99. The largest absolute Gasteiger partial charge is 0.468 e. The molecular weight excluding hydrogens is 306 g/mol. The molecule has 3 atom stereocenters. The summed E-state index contributed by atoms with van der Waals surface area (Å²) >= 11 is 0. The third-order valence-corrected chi connectivity index (χ3v) is 5.02. The Balaban J connectivity index is 1.24. The van der Waals surface area contributed by atoms with Gasteiger partial charge in [0.05, 0.1) is 25.0 Å². The Morgan fingerprint density at radius 2 is 2.25 bits per heavy atom. The summed E-state index contributed by atoms with van der Waals surface area (Å²) in [4.78, 5) is 14.5. The van der Waals surface area contributed by atoms with E-state index in [1.165, 1.54) is 0 Å². The normalized spacial score (nSPS) is 26.6. The molecule has 0 saturated carbocycles. The molecule has 6 nitrogen and oxygen atoms in total. The van der Waals surface area contributed by atoms with E-state index in [2.05, 4.69) is 10.2 Å². The van der Waals surface area contributed by atoms with E-state index in [0.29, 0.717) is 18.2 Å². The molecule has 2 aliphatic rings. The van der Waals surface area contributed by atoms with E-state index >= 15 is 0 Å². The minimum absolute atomic E-state index is 0.0393. The molecule has 128 valence electrons. The van der Waals surface area contributed by atoms with Crippen LogP contribution in [0, 0.1) is 5.92 Å². The van der Waals surface area contributed by atoms with Gasteiger partial charge in [0, 0.05) is 38.8 Å². The number of hydrogen-bond donors (Lipinski definition) is 1. The zero-order valence-electron chi connectivity index (χ0n) is 13.9. The predicted molar refractivity (Wildman–Crippen MR) is 88.5 cm³/mol. The van der Waals surface area contributed by atoms with E-state index in [1.807, 2.05) is 42.1 Å². The van der Waals surface area contributed by atoms with Gasteiger partial charge >= 0.3 is 0 Å². The molecule has 1 amide bonds. The fourth-order valence-corrected chi connectivity index (χ4v) is 3.83. The fraction of sp³-hybridized carbons (Fsp3) is 0.500. The molecule has 4 heterocycles. The lowest BCUT2D eigenvalue weighted by atomic mass is 10.0. The number of ether oxygens (including phenoxy) is 1. The average molecular weight is 329 g/mol. The van der Waals surface area contributed by atoms with Gasteiger partial charge in [0.1, 0.15) is 11.5 Å². The van der Waals surface area contributed by atoms with Gasteiger partial charge in [0.25, 0.3) is 5.91 Å². The number of rotatable bonds is 5. The van der Waals surface area contributed by atoms with Crippen LogP contribution in [0.25, 0.3) is 0 Å². The van der Waals surface area contributed by atoms with Crippen LogP contribution >= 0.6 is 0 Å². The highest BCUT2D eigenvalue weighted by Gasteiger charge is 2.41. The number of carbonyl (C=O) groups is 1. The first-order chi connectivity index (χ1) is 11.7. The van der Waals surface area contributed by atoms with E-state index in [0.717, 1.165) is 31.8 Å². The maximum absolute atomic E-state index is 12.2. The Morgan fingerprint density at radius 3 is 2.96 bits per heavy atom. The van der Waals surface area contributed by atoms with Crippen molar-refractivity contribution in [3.05, 3.63) is 48.2 Å². The monoisotopic (exact) mass is 329 g/mol. The van der Waals surface area contributed by atoms with E-state index in [1.54, 1.807) is 6.26 Å². The van der Waals surface area contributed by atoms with Gasteiger partial charge in [-0.25, -0.2) is 0 Å². The number of aryl methyl sites for hydroxylation is 1. The number of hydrogen-bond acceptors (Lipinski definition) is 4. The summed E-state index contributed by atoms with van der Waals surface area (Å²) < 4.78 is 13.4. The summed E-state index contributed by atoms with van der Waals surface area (Å²) in [5.41, 5.74) is 0.679. The van der Waals surface area contributed by atoms with Crippen molar-refractivity contribution in [1.82, 2.24) is 14.8 Å². The minimum atomic E-state index is -0.0393. The molecular formula is C18H23N3O3. The number of carbonyl (C=O) groups excluding carboxylic acids is 1. The Labute approximate surface area is 141 Å². The second kappa shape index (κ2) is 6.45. The molecule has 0 aromatic carbocycles. The average Bonchev–Trinajstić information content (AvgIpc) is 3.29. The molecule has 0 bridgehead atoms. The van der Waals surface area contributed by atoms with Crippen LogP contribution in [0.5, 0.6) is 0 Å². The third-order valence-electron chi connectivity index (χ3n) is 5.02. The number of aromatic nitrogens is 1. The van der Waals surface area contributed by atoms with E-state index in [9.17, 15) is 4.79 Å². The van der Waals surface area contributed by atoms with Crippen LogP contribution in [0.1, 0.15) is 22.7 Å². The molecule has 2 aromatic rings. The number of nitrogens with one attached hydrogen (secondary N) is 1. The molecule has 0 unspecified atom stereocenters. The van der Waals surface area contributed by atoms with Crippen LogP contribution in [-0.4, -0.2) is 47.2 Å². The standard InChI is InChI=1S/C18H23N3O3/c1-20-6-2-5-16(20)18(22)19-9-15-8-13-10-21(12-17(13)24-15)11-14-4-3-7-23-14/h2-7,13,15,17H,8-12H2,1H3,(H,19,22)/t13-,15-,17+/m1/s1. The van der Waals surface area contributed by atoms with Crippen LogP contribution in [0.2, 0.25) is 0 Å². The molecule has 24 heavy (non-hydrogen) atoms. The zero-order chi connectivity index (χ0) is 16.5. The van der Waals surface area contributed by atoms with Crippen LogP contribution in [-0.2, 0) is 18.3 Å². The Kier molecular flexibility index (Phi) is 4.16. The van der Waals surface area contributed by atoms with Crippen molar-refractivity contribution in [2.75, 3.05) is 19.6 Å². The molecule has 1 N–H and O–H groups in total. The SMILES string of the molecule is Cn1cccc1C(=O)NC[C@H]1C[C@@H]2CN(Cc3ccco3)C[C@@H]2O1. The van der Waals surface area contributed by atoms with Gasteiger partial charge in [-0.05, 0) is 30.7 Å². The van der Waals surface area contributed by atoms with Crippen LogP contribution in [0.3, 0.4) is 0 Å². The summed E-state index contributed by atoms with van der Waals surface area (Å²) in [5.74, 6) is 1.51. The van der Waals surface area contributed by atoms with Crippen molar-refractivity contribution in [3.8, 4) is 0 Å². The first-order valence-electron chi connectivity index (χ1n) is 8.49. The first-order valence-corrected chi connectivity index (χ1v) is 8.49. The third kappa shape index (κ3) is 3.12. The molecule has 2 fully saturated rings. The van der Waals surface area contributed by atoms with Crippen molar-refractivity contribution >= 4 is 5.91 Å². The second-order valence-electron chi connectivity index (χ2n) is 6.78. The first kappa shape index (κ1) is 15.5. The van der Waals surface area contributed by atoms with Crippen LogP contribution < -0.4 is 5.32 Å². The Morgan fingerprint density at radius 1 is 1.33 bits per heavy atom. The highest BCUT2D eigenvalue weighted by Crippen LogP contribution is 2.33. The van der Waals surface area contributed by atoms with Crippen molar-refractivity contribution in [1.29, 1.82) is 0 Å². The lowest BCUT2D eigenvalue weighted by Crippen LogP contribution is -2.34. The Hall–Kier alpha value is -2.05. The van der Waals surface area contributed by atoms with Gasteiger partial charge in [-0.2, -0.15) is 0 Å². The summed E-state index contributed by atoms with van der Waals surface area (Å²) in [6.45, 7) is 3.40. The van der Waals surface area contributed by atoms with E-state index in [-0.39, 0.29) is 18.1 Å². The maximum atomic E-state index is 12.2. The van der Waals surface area contributed by atoms with Crippen molar-refractivity contribution in [2.24, 2.45) is 13.0 Å². The molecule has 2 saturated heterocycles. The molecule has 0 aliphatic carbocycles. The number of nitrogens with zero attached hydrogens (tertiary/aromatic N) is 2. The van der Waals surface area contributed by atoms with Gasteiger partial charge in [-0.3, -0.25) is 9.69 Å². The molecule has 2 aliphatic heterocycles. The quantitative estimate of drug-likeness (QED) is 0.906. The fourth-order valence-electron chi connectivity index (χ4n) is 3.83. The zero-order valence-corrected chi connectivity index (χ0v) is 13.9. The predicted octanol–water partition coefficient (Wildman–Crippen LogP) is 1.64. The minimum Gasteiger partial charge on any atom is -0.468 e. The molecule has 0 radical (unpaired) electrons. The Bertz CT molecular complexity index is 680. The maximum Gasteiger partial charge on any atom is 0.267 e. The van der Waals surface area contributed by atoms with Crippen molar-refractivity contribution in [2.45, 2.75) is 25.2 Å². The molecule has 0 spiro atoms. The smallest absolute Gasteiger partial charge is 0.267 e. The molecule has 2 aromatic heterocycles. The van der Waals surface area contributed by atoms with Gasteiger partial charge in [0.15, 0.2) is 0 Å². The van der Waals surface area contributed by atoms with Crippen LogP contribution in [0.4, 0.5) is 0 Å². The number of likely N-dealkylation sites (tertiary alicyclic amines) is 1. The topological polar surface area (TPSA) is 59.6 Å². The van der Waals surface area contributed by atoms with E-state index in [4.69, 9.17) is 9.15 Å². The summed E-state index contributed by atoms with van der Waals surface area (Å²) in [6.07, 6.45) is 4.99. The molecule has 6 heteroatoms. The van der Waals surface area contributed by atoms with Gasteiger partial charge in [-0.15, -0.1) is 0 Å². The van der Waals surface area contributed by atoms with Gasteiger partial charge in [-0.1, -0.05) is 0 Å².